The summed E-state index contributed by atoms with van der Waals surface area (Å²) in [4.78, 5) is 40.6. The summed E-state index contributed by atoms with van der Waals surface area (Å²) in [5, 5.41) is 24.5. The number of aliphatic carboxylic acids is 1. The molecule has 200 valence electrons. The zero-order valence-electron chi connectivity index (χ0n) is 21.4. The SMILES string of the molecule is COc1ccc2c(c1)c(=O)oc1c(C)c(O[C@H](C)C(=O)N[C@H](Cc3c[nH]c4ccc(O)cc34)C(=O)O)ccc12. The summed E-state index contributed by atoms with van der Waals surface area (Å²) in [6, 6.07) is 12.1. The predicted molar refractivity (Wildman–Crippen MR) is 145 cm³/mol. The molecule has 5 rings (SSSR count). The second-order valence-electron chi connectivity index (χ2n) is 9.27. The molecule has 5 aromatic rings. The Morgan fingerprint density at radius 1 is 1.05 bits per heavy atom. The van der Waals surface area contributed by atoms with E-state index in [0.29, 0.717) is 49.8 Å². The Morgan fingerprint density at radius 2 is 1.82 bits per heavy atom. The average molecular weight is 531 g/mol. The van der Waals surface area contributed by atoms with E-state index in [-0.39, 0.29) is 12.2 Å². The van der Waals surface area contributed by atoms with E-state index >= 15 is 0 Å². The van der Waals surface area contributed by atoms with Gasteiger partial charge in [0.15, 0.2) is 6.10 Å². The van der Waals surface area contributed by atoms with Gasteiger partial charge in [-0.3, -0.25) is 4.79 Å². The maximum absolute atomic E-state index is 12.9. The molecular formula is C29H26N2O8. The van der Waals surface area contributed by atoms with Crippen molar-refractivity contribution in [2.45, 2.75) is 32.4 Å². The van der Waals surface area contributed by atoms with Gasteiger partial charge in [-0.15, -0.1) is 0 Å². The molecule has 0 aliphatic heterocycles. The first-order valence-electron chi connectivity index (χ1n) is 12.2. The van der Waals surface area contributed by atoms with E-state index in [9.17, 15) is 24.6 Å². The van der Waals surface area contributed by atoms with Crippen molar-refractivity contribution in [2.75, 3.05) is 7.11 Å². The number of carboxylic acids is 1. The maximum Gasteiger partial charge on any atom is 0.344 e. The number of ether oxygens (including phenoxy) is 2. The number of hydrogen-bond acceptors (Lipinski definition) is 7. The Balaban J connectivity index is 1.36. The number of phenolic OH excluding ortho intramolecular Hbond substituents is 1. The number of carboxylic acid groups (broad SMARTS) is 1. The van der Waals surface area contributed by atoms with Crippen molar-refractivity contribution < 1.29 is 33.7 Å². The lowest BCUT2D eigenvalue weighted by Crippen LogP contribution is -2.47. The molecule has 2 aromatic heterocycles. The van der Waals surface area contributed by atoms with Gasteiger partial charge in [0.2, 0.25) is 0 Å². The third kappa shape index (κ3) is 4.84. The summed E-state index contributed by atoms with van der Waals surface area (Å²) in [5.74, 6) is -0.933. The molecule has 0 aliphatic rings. The number of hydrogen-bond donors (Lipinski definition) is 4. The first-order valence-corrected chi connectivity index (χ1v) is 12.2. The molecule has 10 heteroatoms. The van der Waals surface area contributed by atoms with E-state index in [2.05, 4.69) is 10.3 Å². The molecule has 0 fully saturated rings. The number of aromatic nitrogens is 1. The molecule has 2 heterocycles. The molecule has 39 heavy (non-hydrogen) atoms. The summed E-state index contributed by atoms with van der Waals surface area (Å²) in [6.07, 6.45) is 0.597. The minimum absolute atomic E-state index is 0.00470. The normalized spacial score (nSPS) is 12.9. The zero-order chi connectivity index (χ0) is 27.8. The van der Waals surface area contributed by atoms with Crippen LogP contribution in [0.3, 0.4) is 0 Å². The number of aryl methyl sites for hydroxylation is 1. The van der Waals surface area contributed by atoms with Crippen molar-refractivity contribution in [3.05, 3.63) is 76.3 Å². The van der Waals surface area contributed by atoms with Crippen LogP contribution in [0.25, 0.3) is 32.6 Å². The molecule has 0 aliphatic carbocycles. The number of H-pyrrole nitrogens is 1. The molecule has 2 atom stereocenters. The van der Waals surface area contributed by atoms with Crippen molar-refractivity contribution >= 4 is 44.5 Å². The van der Waals surface area contributed by atoms with Crippen LogP contribution in [0.4, 0.5) is 0 Å². The van der Waals surface area contributed by atoms with Gasteiger partial charge in [0.25, 0.3) is 5.91 Å². The number of phenols is 1. The maximum atomic E-state index is 12.9. The second kappa shape index (κ2) is 10.1. The summed E-state index contributed by atoms with van der Waals surface area (Å²) >= 11 is 0. The highest BCUT2D eigenvalue weighted by atomic mass is 16.5. The minimum atomic E-state index is -1.23. The third-order valence-corrected chi connectivity index (χ3v) is 6.75. The van der Waals surface area contributed by atoms with Crippen LogP contribution in [-0.2, 0) is 16.0 Å². The topological polar surface area (TPSA) is 151 Å². The number of nitrogens with one attached hydrogen (secondary N) is 2. The van der Waals surface area contributed by atoms with Gasteiger partial charge in [0, 0.05) is 39.9 Å². The highest BCUT2D eigenvalue weighted by Gasteiger charge is 2.26. The summed E-state index contributed by atoms with van der Waals surface area (Å²) in [6.45, 7) is 3.22. The van der Waals surface area contributed by atoms with Crippen LogP contribution in [0.15, 0.2) is 63.9 Å². The van der Waals surface area contributed by atoms with Crippen molar-refractivity contribution in [3.63, 3.8) is 0 Å². The van der Waals surface area contributed by atoms with E-state index in [1.807, 2.05) is 0 Å². The molecule has 4 N–H and O–H groups in total. The number of methoxy groups -OCH3 is 1. The van der Waals surface area contributed by atoms with E-state index < -0.39 is 29.6 Å². The summed E-state index contributed by atoms with van der Waals surface area (Å²) in [5.41, 5.74) is 1.69. The molecule has 0 radical (unpaired) electrons. The van der Waals surface area contributed by atoms with Crippen LogP contribution in [0, 0.1) is 6.92 Å². The zero-order valence-corrected chi connectivity index (χ0v) is 21.4. The average Bonchev–Trinajstić information content (AvgIpc) is 3.31. The molecule has 10 nitrogen and oxygen atoms in total. The highest BCUT2D eigenvalue weighted by Crippen LogP contribution is 2.32. The number of carbonyl (C=O) groups is 2. The van der Waals surface area contributed by atoms with Crippen LogP contribution in [0.2, 0.25) is 0 Å². The highest BCUT2D eigenvalue weighted by molar-refractivity contribution is 6.06. The van der Waals surface area contributed by atoms with Crippen LogP contribution in [-0.4, -0.2) is 46.3 Å². The Bertz CT molecular complexity index is 1800. The fraction of sp³-hybridized carbons (Fsp3) is 0.207. The lowest BCUT2D eigenvalue weighted by molar-refractivity contribution is -0.142. The number of fused-ring (bicyclic) bond motifs is 4. The Kier molecular flexibility index (Phi) is 6.61. The van der Waals surface area contributed by atoms with Gasteiger partial charge in [0.05, 0.1) is 12.5 Å². The van der Waals surface area contributed by atoms with E-state index in [4.69, 9.17) is 13.9 Å². The van der Waals surface area contributed by atoms with Crippen LogP contribution >= 0.6 is 0 Å². The van der Waals surface area contributed by atoms with Crippen molar-refractivity contribution in [1.82, 2.24) is 10.3 Å². The number of benzene rings is 3. The monoisotopic (exact) mass is 530 g/mol. The van der Waals surface area contributed by atoms with Gasteiger partial charge in [-0.25, -0.2) is 9.59 Å². The predicted octanol–water partition coefficient (Wildman–Crippen LogP) is 4.03. The van der Waals surface area contributed by atoms with E-state index in [0.717, 1.165) is 5.52 Å². The molecule has 0 bridgehead atoms. The smallest absolute Gasteiger partial charge is 0.344 e. The standard InChI is InChI=1S/C29H26N2O8/c1-14-25(9-7-20-19-6-5-18(37-3)12-22(19)29(36)39-26(14)20)38-15(2)27(33)31-24(28(34)35)10-16-13-30-23-8-4-17(32)11-21(16)23/h4-9,11-13,15,24,30,32H,10H2,1-3H3,(H,31,33)(H,34,35)/t15-,24-/m1/s1. The molecule has 0 unspecified atom stereocenters. The van der Waals surface area contributed by atoms with Gasteiger partial charge < -0.3 is 34.4 Å². The number of aromatic amines is 1. The van der Waals surface area contributed by atoms with Gasteiger partial charge in [-0.2, -0.15) is 0 Å². The summed E-state index contributed by atoms with van der Waals surface area (Å²) < 4.78 is 16.7. The molecule has 0 saturated carbocycles. The van der Waals surface area contributed by atoms with Gasteiger partial charge >= 0.3 is 11.6 Å². The number of carbonyl (C=O) groups excluding carboxylic acids is 1. The fourth-order valence-corrected chi connectivity index (χ4v) is 4.63. The lowest BCUT2D eigenvalue weighted by Gasteiger charge is -2.20. The second-order valence-corrected chi connectivity index (χ2v) is 9.27. The van der Waals surface area contributed by atoms with Crippen molar-refractivity contribution in [2.24, 2.45) is 0 Å². The first-order chi connectivity index (χ1) is 18.7. The van der Waals surface area contributed by atoms with Crippen molar-refractivity contribution in [3.8, 4) is 17.2 Å². The summed E-state index contributed by atoms with van der Waals surface area (Å²) in [7, 11) is 1.52. The van der Waals surface area contributed by atoms with Crippen molar-refractivity contribution in [1.29, 1.82) is 0 Å². The quantitative estimate of drug-likeness (QED) is 0.173. The minimum Gasteiger partial charge on any atom is -0.508 e. The largest absolute Gasteiger partial charge is 0.508 e. The van der Waals surface area contributed by atoms with E-state index in [1.165, 1.54) is 26.2 Å². The van der Waals surface area contributed by atoms with Crippen LogP contribution in [0.5, 0.6) is 17.2 Å². The van der Waals surface area contributed by atoms with Crippen LogP contribution < -0.4 is 20.4 Å². The number of rotatable bonds is 8. The molecule has 0 spiro atoms. The molecule has 1 amide bonds. The van der Waals surface area contributed by atoms with Gasteiger partial charge in [0.1, 0.15) is 28.9 Å². The van der Waals surface area contributed by atoms with Crippen LogP contribution in [0.1, 0.15) is 18.1 Å². The Morgan fingerprint density at radius 3 is 2.56 bits per heavy atom. The molecule has 3 aromatic carbocycles. The first kappa shape index (κ1) is 25.7. The molecular weight excluding hydrogens is 504 g/mol. The fourth-order valence-electron chi connectivity index (χ4n) is 4.63. The Hall–Kier alpha value is -4.99. The Labute approximate surface area is 221 Å². The van der Waals surface area contributed by atoms with Gasteiger partial charge in [-0.1, -0.05) is 0 Å². The van der Waals surface area contributed by atoms with Gasteiger partial charge in [-0.05, 0) is 67.9 Å². The molecule has 0 saturated heterocycles. The van der Waals surface area contributed by atoms with E-state index in [1.54, 1.807) is 49.5 Å². The third-order valence-electron chi connectivity index (χ3n) is 6.75. The lowest BCUT2D eigenvalue weighted by atomic mass is 10.0. The number of aromatic hydroxyl groups is 1. The number of amides is 1.